The highest BCUT2D eigenvalue weighted by Gasteiger charge is 2.75. The van der Waals surface area contributed by atoms with Crippen LogP contribution in [0.4, 0.5) is 14.5 Å². The minimum atomic E-state index is -2.49. The molecule has 0 aromatic heterocycles. The number of hydrogen-bond acceptors (Lipinski definition) is 4. The van der Waals surface area contributed by atoms with Crippen molar-refractivity contribution in [1.82, 2.24) is 0 Å². The summed E-state index contributed by atoms with van der Waals surface area (Å²) in [6.45, 7) is 5.60. The Balaban J connectivity index is 1.79. The molecule has 2 bridgehead atoms. The van der Waals surface area contributed by atoms with E-state index >= 15 is 0 Å². The Labute approximate surface area is 143 Å². The molecule has 1 aliphatic heterocycles. The number of rotatable bonds is 4. The van der Waals surface area contributed by atoms with Gasteiger partial charge in [-0.25, -0.2) is 0 Å². The lowest BCUT2D eigenvalue weighted by Gasteiger charge is -2.35. The minimum Gasteiger partial charge on any atom is -0.448 e. The molecule has 0 radical (unpaired) electrons. The van der Waals surface area contributed by atoms with Gasteiger partial charge in [0.25, 0.3) is 11.7 Å². The van der Waals surface area contributed by atoms with Crippen molar-refractivity contribution in [3.8, 4) is 0 Å². The molecule has 130 valence electrons. The fraction of sp³-hybridized carbons (Fsp3) is 0.529. The molecule has 2 aliphatic rings. The van der Waals surface area contributed by atoms with Gasteiger partial charge >= 0.3 is 5.97 Å². The van der Waals surface area contributed by atoms with E-state index in [4.69, 9.17) is 4.74 Å². The van der Waals surface area contributed by atoms with Crippen LogP contribution in [0, 0.1) is 10.8 Å². The van der Waals surface area contributed by atoms with E-state index in [0.717, 1.165) is 0 Å². The van der Waals surface area contributed by atoms with E-state index in [1.54, 1.807) is 12.1 Å². The lowest BCUT2D eigenvalue weighted by atomic mass is 9.66. The van der Waals surface area contributed by atoms with Crippen LogP contribution in [0.3, 0.4) is 0 Å². The summed E-state index contributed by atoms with van der Waals surface area (Å²) in [6.07, 6.45) is 1.09. The summed E-state index contributed by atoms with van der Waals surface area (Å²) in [4.78, 5) is 25.5. The first kappa shape index (κ1) is 17.2. The molecule has 1 saturated heterocycles. The van der Waals surface area contributed by atoms with E-state index in [0.29, 0.717) is 35.2 Å². The Hall–Kier alpha value is -1.63. The lowest BCUT2D eigenvalue weighted by Crippen LogP contribution is -2.50. The summed E-state index contributed by atoms with van der Waals surface area (Å²) in [5.74, 6) is -3.19. The van der Waals surface area contributed by atoms with Crippen molar-refractivity contribution >= 4 is 29.3 Å². The average molecular weight is 355 g/mol. The summed E-state index contributed by atoms with van der Waals surface area (Å²) in [6, 6.07) is 6.18. The van der Waals surface area contributed by atoms with Crippen molar-refractivity contribution in [1.29, 1.82) is 0 Å². The zero-order valence-electron chi connectivity index (χ0n) is 13.7. The zero-order valence-corrected chi connectivity index (χ0v) is 14.5. The number of thioether (sulfide) groups is 1. The van der Waals surface area contributed by atoms with Gasteiger partial charge in [0.1, 0.15) is 0 Å². The van der Waals surface area contributed by atoms with E-state index in [9.17, 15) is 18.4 Å². The molecule has 3 rings (SSSR count). The molecule has 0 unspecified atom stereocenters. The maximum absolute atomic E-state index is 12.8. The van der Waals surface area contributed by atoms with Gasteiger partial charge in [-0.1, -0.05) is 25.6 Å². The zero-order chi connectivity index (χ0) is 17.8. The number of hydrogen-bond donors (Lipinski definition) is 1. The molecule has 1 heterocycles. The summed E-state index contributed by atoms with van der Waals surface area (Å²) in [7, 11) is 0. The van der Waals surface area contributed by atoms with Crippen LogP contribution in [0.2, 0.25) is 0 Å². The number of fused-ring (bicyclic) bond motifs is 2. The summed E-state index contributed by atoms with van der Waals surface area (Å²) in [5, 5.41) is 2.76. The topological polar surface area (TPSA) is 55.4 Å². The second-order valence-corrected chi connectivity index (χ2v) is 8.09. The van der Waals surface area contributed by atoms with Crippen LogP contribution in [0.5, 0.6) is 0 Å². The van der Waals surface area contributed by atoms with Crippen molar-refractivity contribution in [2.75, 3.05) is 5.32 Å². The number of benzene rings is 1. The van der Waals surface area contributed by atoms with E-state index in [1.165, 1.54) is 12.1 Å². The number of esters is 1. The van der Waals surface area contributed by atoms with Crippen molar-refractivity contribution < 1.29 is 23.1 Å². The Morgan fingerprint density at radius 2 is 1.83 bits per heavy atom. The van der Waals surface area contributed by atoms with Gasteiger partial charge in [0.05, 0.1) is 5.41 Å². The van der Waals surface area contributed by atoms with Crippen LogP contribution in [-0.2, 0) is 14.3 Å². The fourth-order valence-electron chi connectivity index (χ4n) is 3.70. The van der Waals surface area contributed by atoms with Gasteiger partial charge in [0.15, 0.2) is 5.60 Å². The van der Waals surface area contributed by atoms with Gasteiger partial charge in [0, 0.05) is 16.0 Å². The Bertz CT molecular complexity index is 692. The maximum Gasteiger partial charge on any atom is 0.313 e. The fourth-order valence-corrected chi connectivity index (χ4v) is 4.20. The van der Waals surface area contributed by atoms with Gasteiger partial charge < -0.3 is 10.1 Å². The van der Waals surface area contributed by atoms with Gasteiger partial charge in [-0.2, -0.15) is 8.78 Å². The molecular formula is C17H19F2NO3S. The number of nitrogens with one attached hydrogen (secondary N) is 1. The van der Waals surface area contributed by atoms with E-state index in [2.05, 4.69) is 5.32 Å². The standard InChI is InChI=1S/C17H19F2NO3S/c1-15(2)16(3)8-9-17(15,23-13(16)22)12(21)20-10-4-6-11(7-5-10)24-14(18)19/h4-7,14H,8-9H2,1-3H3,(H,20,21)/t16-,17-/m1/s1. The quantitative estimate of drug-likeness (QED) is 0.654. The number of ether oxygens (including phenoxy) is 1. The van der Waals surface area contributed by atoms with Gasteiger partial charge in [-0.15, -0.1) is 0 Å². The van der Waals surface area contributed by atoms with E-state index in [1.807, 2.05) is 20.8 Å². The molecule has 1 saturated carbocycles. The molecule has 1 amide bonds. The number of carbonyl (C=O) groups excluding carboxylic acids is 2. The summed E-state index contributed by atoms with van der Waals surface area (Å²) >= 11 is 0.446. The molecule has 1 aromatic carbocycles. The van der Waals surface area contributed by atoms with Crippen molar-refractivity contribution in [3.63, 3.8) is 0 Å². The molecular weight excluding hydrogens is 336 g/mol. The minimum absolute atomic E-state index is 0.336. The largest absolute Gasteiger partial charge is 0.448 e. The molecule has 2 fully saturated rings. The molecule has 7 heteroatoms. The van der Waals surface area contributed by atoms with Crippen molar-refractivity contribution in [2.24, 2.45) is 10.8 Å². The highest BCUT2D eigenvalue weighted by atomic mass is 32.2. The second-order valence-electron chi connectivity index (χ2n) is 7.03. The molecule has 24 heavy (non-hydrogen) atoms. The molecule has 1 N–H and O–H groups in total. The number of anilines is 1. The first-order chi connectivity index (χ1) is 11.1. The van der Waals surface area contributed by atoms with E-state index in [-0.39, 0.29) is 11.9 Å². The second kappa shape index (κ2) is 5.44. The number of amides is 1. The third kappa shape index (κ3) is 2.24. The van der Waals surface area contributed by atoms with Crippen molar-refractivity contribution in [3.05, 3.63) is 24.3 Å². The van der Waals surface area contributed by atoms with Gasteiger partial charge in [-0.05, 0) is 44.0 Å². The van der Waals surface area contributed by atoms with Crippen LogP contribution < -0.4 is 5.32 Å². The number of alkyl halides is 2. The van der Waals surface area contributed by atoms with Crippen LogP contribution in [-0.4, -0.2) is 23.2 Å². The van der Waals surface area contributed by atoms with Crippen LogP contribution in [0.1, 0.15) is 33.6 Å². The molecule has 4 nitrogen and oxygen atoms in total. The molecule has 1 aromatic rings. The first-order valence-corrected chi connectivity index (χ1v) is 8.60. The third-order valence-corrected chi connectivity index (χ3v) is 6.51. The number of carbonyl (C=O) groups is 2. The normalized spacial score (nSPS) is 30.5. The van der Waals surface area contributed by atoms with Gasteiger partial charge in [0.2, 0.25) is 0 Å². The predicted octanol–water partition coefficient (Wildman–Crippen LogP) is 4.06. The Morgan fingerprint density at radius 3 is 2.29 bits per heavy atom. The van der Waals surface area contributed by atoms with Crippen molar-refractivity contribution in [2.45, 2.75) is 49.9 Å². The Kier molecular flexibility index (Phi) is 3.90. The number of halogens is 2. The SMILES string of the molecule is CC1(C)[C@]2(C)CC[C@]1(C(=O)Nc1ccc(SC(F)F)cc1)OC2=O. The summed E-state index contributed by atoms with van der Waals surface area (Å²) in [5.41, 5.74) is -1.98. The maximum atomic E-state index is 12.8. The summed E-state index contributed by atoms with van der Waals surface area (Å²) < 4.78 is 30.2. The average Bonchev–Trinajstić information content (AvgIpc) is 2.79. The van der Waals surface area contributed by atoms with Crippen LogP contribution >= 0.6 is 11.8 Å². The van der Waals surface area contributed by atoms with Crippen LogP contribution in [0.15, 0.2) is 29.2 Å². The van der Waals surface area contributed by atoms with Crippen LogP contribution in [0.25, 0.3) is 0 Å². The highest BCUT2D eigenvalue weighted by molar-refractivity contribution is 7.99. The van der Waals surface area contributed by atoms with Gasteiger partial charge in [-0.3, -0.25) is 9.59 Å². The molecule has 2 atom stereocenters. The third-order valence-electron chi connectivity index (χ3n) is 5.79. The smallest absolute Gasteiger partial charge is 0.313 e. The highest BCUT2D eigenvalue weighted by Crippen LogP contribution is 2.65. The Morgan fingerprint density at radius 1 is 1.21 bits per heavy atom. The monoisotopic (exact) mass is 355 g/mol. The first-order valence-electron chi connectivity index (χ1n) is 7.72. The predicted molar refractivity (Wildman–Crippen MR) is 86.9 cm³/mol. The molecule has 0 spiro atoms. The van der Waals surface area contributed by atoms with E-state index < -0.39 is 22.2 Å². The molecule has 1 aliphatic carbocycles. The lowest BCUT2D eigenvalue weighted by molar-refractivity contribution is -0.165.